The lowest BCUT2D eigenvalue weighted by Gasteiger charge is -2.40. The van der Waals surface area contributed by atoms with Crippen molar-refractivity contribution in [3.05, 3.63) is 87.4 Å². The fourth-order valence-corrected chi connectivity index (χ4v) is 5.53. The summed E-state index contributed by atoms with van der Waals surface area (Å²) in [6.45, 7) is 8.94. The maximum Gasteiger partial charge on any atom is 0.173 e. The van der Waals surface area contributed by atoms with E-state index in [0.29, 0.717) is 6.54 Å². The lowest BCUT2D eigenvalue weighted by Crippen LogP contribution is -2.48. The monoisotopic (exact) mass is 487 g/mol. The van der Waals surface area contributed by atoms with Crippen LogP contribution in [0.5, 0.6) is 0 Å². The van der Waals surface area contributed by atoms with Crippen LogP contribution in [-0.2, 0) is 6.54 Å². The summed E-state index contributed by atoms with van der Waals surface area (Å²) >= 11 is 1.74. The predicted molar refractivity (Wildman–Crippen MR) is 144 cm³/mol. The molecular weight excluding hydrogens is 454 g/mol. The number of hydrogen-bond acceptors (Lipinski definition) is 7. The Balaban J connectivity index is 1.44. The van der Waals surface area contributed by atoms with Crippen LogP contribution < -0.4 is 9.80 Å². The van der Waals surface area contributed by atoms with E-state index in [1.54, 1.807) is 11.3 Å². The second-order valence-electron chi connectivity index (χ2n) is 9.40. The summed E-state index contributed by atoms with van der Waals surface area (Å²) in [6, 6.07) is 19.6. The Hall–Kier alpha value is -3.23. The molecule has 35 heavy (non-hydrogen) atoms. The summed E-state index contributed by atoms with van der Waals surface area (Å²) in [4.78, 5) is 8.42. The zero-order valence-electron chi connectivity index (χ0n) is 20.9. The average molecular weight is 488 g/mol. The number of rotatable bonds is 7. The molecule has 8 heteroatoms. The van der Waals surface area contributed by atoms with E-state index >= 15 is 0 Å². The van der Waals surface area contributed by atoms with Crippen molar-refractivity contribution in [2.75, 3.05) is 50.1 Å². The minimum atomic E-state index is 0.00179. The molecule has 7 nitrogen and oxygen atoms in total. The van der Waals surface area contributed by atoms with Crippen molar-refractivity contribution < 1.29 is 0 Å². The summed E-state index contributed by atoms with van der Waals surface area (Å²) in [5.74, 6) is 0.899. The molecule has 0 amide bonds. The molecule has 1 atom stereocenters. The Labute approximate surface area is 211 Å². The number of thiophene rings is 1. The Kier molecular flexibility index (Phi) is 6.83. The zero-order valence-corrected chi connectivity index (χ0v) is 21.7. The number of piperazine rings is 1. The molecule has 1 fully saturated rings. The number of aromatic nitrogens is 4. The first kappa shape index (κ1) is 23.5. The summed E-state index contributed by atoms with van der Waals surface area (Å²) < 4.78 is 1.97. The molecule has 1 aliphatic rings. The third kappa shape index (κ3) is 4.94. The molecule has 4 aromatic rings. The summed E-state index contributed by atoms with van der Waals surface area (Å²) in [6.07, 6.45) is 0. The lowest BCUT2D eigenvalue weighted by atomic mass is 10.0. The largest absolute Gasteiger partial charge is 0.378 e. The quantitative estimate of drug-likeness (QED) is 0.386. The molecular formula is C27H33N7S. The van der Waals surface area contributed by atoms with E-state index in [4.69, 9.17) is 0 Å². The third-order valence-electron chi connectivity index (χ3n) is 7.01. The Morgan fingerprint density at radius 2 is 1.71 bits per heavy atom. The van der Waals surface area contributed by atoms with Gasteiger partial charge in [-0.15, -0.1) is 16.4 Å². The number of hydrogen-bond donors (Lipinski definition) is 0. The SMILES string of the molecule is Cc1cccc(N2CCN([C@H](c3ccc(N(C)C)cc3)c3nnnn3Cc3cccs3)CC2)c1C. The standard InChI is InChI=1S/C27H33N7S/c1-20-7-5-9-25(21(20)2)32-14-16-33(17-15-32)26(22-10-12-23(13-11-22)31(3)4)27-28-29-30-34(27)19-24-8-6-18-35-24/h5-13,18,26H,14-17,19H2,1-4H3/t26-/m1/s1. The number of anilines is 2. The van der Waals surface area contributed by atoms with Crippen molar-refractivity contribution in [1.29, 1.82) is 0 Å². The van der Waals surface area contributed by atoms with Gasteiger partial charge in [-0.2, -0.15) is 0 Å². The van der Waals surface area contributed by atoms with Gasteiger partial charge in [0, 0.05) is 56.5 Å². The first-order chi connectivity index (χ1) is 17.0. The maximum absolute atomic E-state index is 4.55. The molecule has 1 aliphatic heterocycles. The van der Waals surface area contributed by atoms with Gasteiger partial charge in [0.1, 0.15) is 0 Å². The minimum absolute atomic E-state index is 0.00179. The van der Waals surface area contributed by atoms with Crippen molar-refractivity contribution in [3.63, 3.8) is 0 Å². The molecule has 0 radical (unpaired) electrons. The van der Waals surface area contributed by atoms with Crippen LogP contribution in [0.1, 0.15) is 33.4 Å². The first-order valence-electron chi connectivity index (χ1n) is 12.1. The van der Waals surface area contributed by atoms with Crippen molar-refractivity contribution in [1.82, 2.24) is 25.1 Å². The van der Waals surface area contributed by atoms with Gasteiger partial charge < -0.3 is 9.80 Å². The van der Waals surface area contributed by atoms with Crippen LogP contribution in [0.2, 0.25) is 0 Å². The van der Waals surface area contributed by atoms with E-state index in [2.05, 4.69) is 118 Å². The van der Waals surface area contributed by atoms with Crippen molar-refractivity contribution in [3.8, 4) is 0 Å². The van der Waals surface area contributed by atoms with E-state index in [0.717, 1.165) is 32.0 Å². The third-order valence-corrected chi connectivity index (χ3v) is 7.87. The normalized spacial score (nSPS) is 15.4. The number of tetrazole rings is 1. The summed E-state index contributed by atoms with van der Waals surface area (Å²) in [5.41, 5.74) is 6.47. The van der Waals surface area contributed by atoms with Crippen LogP contribution in [0.25, 0.3) is 0 Å². The van der Waals surface area contributed by atoms with Crippen LogP contribution in [0, 0.1) is 13.8 Å². The number of nitrogens with zero attached hydrogens (tertiary/aromatic N) is 7. The van der Waals surface area contributed by atoms with E-state index in [9.17, 15) is 0 Å². The molecule has 3 heterocycles. The molecule has 0 N–H and O–H groups in total. The van der Waals surface area contributed by atoms with Crippen molar-refractivity contribution in [2.24, 2.45) is 0 Å². The molecule has 0 spiro atoms. The van der Waals surface area contributed by atoms with E-state index in [1.807, 2.05) is 4.68 Å². The van der Waals surface area contributed by atoms with Crippen LogP contribution >= 0.6 is 11.3 Å². The minimum Gasteiger partial charge on any atom is -0.378 e. The molecule has 0 bridgehead atoms. The van der Waals surface area contributed by atoms with Gasteiger partial charge in [-0.1, -0.05) is 30.3 Å². The van der Waals surface area contributed by atoms with Crippen LogP contribution in [0.3, 0.4) is 0 Å². The summed E-state index contributed by atoms with van der Waals surface area (Å²) in [7, 11) is 4.14. The van der Waals surface area contributed by atoms with Gasteiger partial charge in [0.2, 0.25) is 0 Å². The first-order valence-corrected chi connectivity index (χ1v) is 13.0. The highest BCUT2D eigenvalue weighted by atomic mass is 32.1. The highest BCUT2D eigenvalue weighted by molar-refractivity contribution is 7.09. The maximum atomic E-state index is 4.55. The molecule has 182 valence electrons. The van der Waals surface area contributed by atoms with E-state index in [1.165, 1.54) is 32.9 Å². The van der Waals surface area contributed by atoms with Gasteiger partial charge in [-0.05, 0) is 70.6 Å². The fraction of sp³-hybridized carbons (Fsp3) is 0.370. The molecule has 0 saturated carbocycles. The van der Waals surface area contributed by atoms with Crippen LogP contribution in [0.4, 0.5) is 11.4 Å². The van der Waals surface area contributed by atoms with Gasteiger partial charge in [0.05, 0.1) is 12.6 Å². The lowest BCUT2D eigenvalue weighted by molar-refractivity contribution is 0.201. The average Bonchev–Trinajstić information content (AvgIpc) is 3.55. The van der Waals surface area contributed by atoms with Crippen molar-refractivity contribution >= 4 is 22.7 Å². The predicted octanol–water partition coefficient (Wildman–Crippen LogP) is 4.38. The smallest absolute Gasteiger partial charge is 0.173 e. The van der Waals surface area contributed by atoms with E-state index < -0.39 is 0 Å². The Morgan fingerprint density at radius 3 is 2.40 bits per heavy atom. The van der Waals surface area contributed by atoms with Crippen LogP contribution in [-0.4, -0.2) is 65.4 Å². The van der Waals surface area contributed by atoms with Gasteiger partial charge >= 0.3 is 0 Å². The number of aryl methyl sites for hydroxylation is 1. The molecule has 0 unspecified atom stereocenters. The highest BCUT2D eigenvalue weighted by Crippen LogP contribution is 2.31. The molecule has 0 aliphatic carbocycles. The molecule has 2 aromatic carbocycles. The van der Waals surface area contributed by atoms with Gasteiger partial charge in [-0.3, -0.25) is 4.90 Å². The second-order valence-corrected chi connectivity index (χ2v) is 10.4. The van der Waals surface area contributed by atoms with Gasteiger partial charge in [0.25, 0.3) is 0 Å². The zero-order chi connectivity index (χ0) is 24.4. The van der Waals surface area contributed by atoms with Crippen molar-refractivity contribution in [2.45, 2.75) is 26.4 Å². The fourth-order valence-electron chi connectivity index (χ4n) is 4.85. The van der Waals surface area contributed by atoms with E-state index in [-0.39, 0.29) is 6.04 Å². The Bertz CT molecular complexity index is 1240. The number of benzene rings is 2. The topological polar surface area (TPSA) is 53.3 Å². The highest BCUT2D eigenvalue weighted by Gasteiger charge is 2.31. The van der Waals surface area contributed by atoms with Crippen LogP contribution in [0.15, 0.2) is 60.0 Å². The molecule has 2 aromatic heterocycles. The van der Waals surface area contributed by atoms with Gasteiger partial charge in [-0.25, -0.2) is 4.68 Å². The molecule has 5 rings (SSSR count). The Morgan fingerprint density at radius 1 is 0.943 bits per heavy atom. The molecule has 1 saturated heterocycles. The summed E-state index contributed by atoms with van der Waals surface area (Å²) in [5, 5.41) is 15.1. The second kappa shape index (κ2) is 10.2. The van der Waals surface area contributed by atoms with Gasteiger partial charge in [0.15, 0.2) is 5.82 Å².